The molecule has 0 unspecified atom stereocenters. The van der Waals surface area contributed by atoms with Crippen LogP contribution >= 0.6 is 0 Å². The van der Waals surface area contributed by atoms with Gasteiger partial charge < -0.3 is 9.88 Å². The number of carbonyl (C=O) groups excluding carboxylic acids is 1. The average molecular weight is 427 g/mol. The van der Waals surface area contributed by atoms with E-state index in [0.717, 1.165) is 60.2 Å². The Morgan fingerprint density at radius 2 is 1.94 bits per heavy atom. The number of pyridine rings is 2. The van der Waals surface area contributed by atoms with Crippen molar-refractivity contribution < 1.29 is 4.79 Å². The lowest BCUT2D eigenvalue weighted by molar-refractivity contribution is -0.121. The smallest absolute Gasteiger partial charge is 0.228 e. The highest BCUT2D eigenvalue weighted by Gasteiger charge is 2.25. The van der Waals surface area contributed by atoms with Crippen molar-refractivity contribution in [1.82, 2.24) is 24.4 Å². The van der Waals surface area contributed by atoms with Gasteiger partial charge in [-0.1, -0.05) is 18.2 Å². The fraction of sp³-hybridized carbons (Fsp3) is 0.280. The van der Waals surface area contributed by atoms with Crippen LogP contribution in [0.4, 0.5) is 5.82 Å². The molecule has 1 fully saturated rings. The fourth-order valence-corrected chi connectivity index (χ4v) is 4.31. The molecule has 1 aliphatic heterocycles. The van der Waals surface area contributed by atoms with E-state index in [0.29, 0.717) is 5.82 Å². The van der Waals surface area contributed by atoms with E-state index in [1.54, 1.807) is 6.33 Å². The van der Waals surface area contributed by atoms with Gasteiger partial charge in [-0.25, -0.2) is 9.97 Å². The van der Waals surface area contributed by atoms with Crippen LogP contribution in [-0.4, -0.2) is 43.4 Å². The SMILES string of the molecule is Cn1cncc1-c1ccc2cnc(NC(=O)C3CCN(Cc4ccccn4)CC3)cc2c1. The van der Waals surface area contributed by atoms with Crippen molar-refractivity contribution in [2.45, 2.75) is 19.4 Å². The summed E-state index contributed by atoms with van der Waals surface area (Å²) in [7, 11) is 1.98. The molecule has 7 nitrogen and oxygen atoms in total. The monoisotopic (exact) mass is 426 g/mol. The van der Waals surface area contributed by atoms with Crippen LogP contribution in [0.15, 0.2) is 67.4 Å². The molecule has 0 atom stereocenters. The molecule has 4 heterocycles. The van der Waals surface area contributed by atoms with Gasteiger partial charge in [0, 0.05) is 42.9 Å². The topological polar surface area (TPSA) is 75.9 Å². The van der Waals surface area contributed by atoms with E-state index in [4.69, 9.17) is 0 Å². The Morgan fingerprint density at radius 1 is 1.06 bits per heavy atom. The maximum Gasteiger partial charge on any atom is 0.228 e. The number of hydrogen-bond acceptors (Lipinski definition) is 5. The summed E-state index contributed by atoms with van der Waals surface area (Å²) in [6.45, 7) is 2.63. The van der Waals surface area contributed by atoms with Crippen LogP contribution in [0.3, 0.4) is 0 Å². The standard InChI is InChI=1S/C25H26N6O/c1-30-17-26-15-23(30)19-5-6-20-14-28-24(13-21(20)12-19)29-25(32)18-7-10-31(11-8-18)16-22-4-2-3-9-27-22/h2-6,9,12-15,17-18H,7-8,10-11,16H2,1H3,(H,28,29,32). The minimum absolute atomic E-state index is 0.00764. The molecule has 4 aromatic rings. The first-order chi connectivity index (χ1) is 15.7. The number of anilines is 1. The summed E-state index contributed by atoms with van der Waals surface area (Å²) in [5.74, 6) is 0.658. The van der Waals surface area contributed by atoms with Crippen molar-refractivity contribution in [3.05, 3.63) is 73.1 Å². The number of hydrogen-bond donors (Lipinski definition) is 1. The highest BCUT2D eigenvalue weighted by atomic mass is 16.1. The third kappa shape index (κ3) is 4.38. The van der Waals surface area contributed by atoms with Crippen molar-refractivity contribution in [3.63, 3.8) is 0 Å². The predicted octanol–water partition coefficient (Wildman–Crippen LogP) is 3.88. The van der Waals surface area contributed by atoms with E-state index >= 15 is 0 Å². The Kier molecular flexibility index (Phi) is 5.64. The molecule has 0 spiro atoms. The molecule has 32 heavy (non-hydrogen) atoms. The molecule has 1 saturated heterocycles. The minimum Gasteiger partial charge on any atom is -0.334 e. The van der Waals surface area contributed by atoms with Crippen molar-refractivity contribution in [3.8, 4) is 11.3 Å². The van der Waals surface area contributed by atoms with Gasteiger partial charge in [-0.05, 0) is 55.6 Å². The van der Waals surface area contributed by atoms with Crippen LogP contribution in [0, 0.1) is 5.92 Å². The Balaban J connectivity index is 1.23. The molecule has 5 rings (SSSR count). The number of piperidine rings is 1. The van der Waals surface area contributed by atoms with Crippen molar-refractivity contribution in [1.29, 1.82) is 0 Å². The van der Waals surface area contributed by atoms with E-state index in [-0.39, 0.29) is 11.8 Å². The van der Waals surface area contributed by atoms with Crippen molar-refractivity contribution in [2.24, 2.45) is 13.0 Å². The third-order valence-electron chi connectivity index (χ3n) is 6.16. The molecule has 0 aliphatic carbocycles. The lowest BCUT2D eigenvalue weighted by Crippen LogP contribution is -2.38. The van der Waals surface area contributed by atoms with Gasteiger partial charge in [0.1, 0.15) is 5.82 Å². The average Bonchev–Trinajstić information content (AvgIpc) is 3.25. The van der Waals surface area contributed by atoms with Crippen LogP contribution < -0.4 is 5.32 Å². The summed E-state index contributed by atoms with van der Waals surface area (Å²) in [4.78, 5) is 28.3. The number of aryl methyl sites for hydroxylation is 1. The predicted molar refractivity (Wildman–Crippen MR) is 125 cm³/mol. The van der Waals surface area contributed by atoms with Crippen LogP contribution in [0.5, 0.6) is 0 Å². The number of carbonyl (C=O) groups is 1. The fourth-order valence-electron chi connectivity index (χ4n) is 4.31. The van der Waals surface area contributed by atoms with Gasteiger partial charge in [0.05, 0.1) is 23.9 Å². The van der Waals surface area contributed by atoms with Gasteiger partial charge in [0.2, 0.25) is 5.91 Å². The zero-order valence-corrected chi connectivity index (χ0v) is 18.1. The lowest BCUT2D eigenvalue weighted by atomic mass is 9.95. The zero-order chi connectivity index (χ0) is 21.9. The van der Waals surface area contributed by atoms with Gasteiger partial charge in [0.15, 0.2) is 0 Å². The number of aromatic nitrogens is 4. The maximum absolute atomic E-state index is 12.9. The second-order valence-corrected chi connectivity index (χ2v) is 8.38. The molecule has 3 aromatic heterocycles. The number of amides is 1. The number of fused-ring (bicyclic) bond motifs is 1. The molecule has 0 radical (unpaired) electrons. The van der Waals surface area contributed by atoms with E-state index in [2.05, 4.69) is 37.3 Å². The summed E-state index contributed by atoms with van der Waals surface area (Å²) in [5.41, 5.74) is 3.20. The number of nitrogens with one attached hydrogen (secondary N) is 1. The first-order valence-electron chi connectivity index (χ1n) is 11.0. The van der Waals surface area contributed by atoms with Gasteiger partial charge >= 0.3 is 0 Å². The number of likely N-dealkylation sites (tertiary alicyclic amines) is 1. The van der Waals surface area contributed by atoms with E-state index < -0.39 is 0 Å². The molecular weight excluding hydrogens is 400 g/mol. The van der Waals surface area contributed by atoms with Crippen molar-refractivity contribution >= 4 is 22.5 Å². The highest BCUT2D eigenvalue weighted by molar-refractivity contribution is 5.95. The maximum atomic E-state index is 12.9. The molecule has 162 valence electrons. The van der Waals surface area contributed by atoms with E-state index in [9.17, 15) is 4.79 Å². The summed E-state index contributed by atoms with van der Waals surface area (Å²) in [6, 6.07) is 14.2. The third-order valence-corrected chi connectivity index (χ3v) is 6.16. The highest BCUT2D eigenvalue weighted by Crippen LogP contribution is 2.26. The van der Waals surface area contributed by atoms with Crippen LogP contribution in [0.25, 0.3) is 22.0 Å². The Labute approximate surface area is 187 Å². The molecule has 1 N–H and O–H groups in total. The number of nitrogens with zero attached hydrogens (tertiary/aromatic N) is 5. The summed E-state index contributed by atoms with van der Waals surface area (Å²) >= 11 is 0. The number of rotatable bonds is 5. The van der Waals surface area contributed by atoms with Gasteiger partial charge in [-0.2, -0.15) is 0 Å². The molecule has 7 heteroatoms. The number of benzene rings is 1. The summed E-state index contributed by atoms with van der Waals surface area (Å²) < 4.78 is 1.99. The second kappa shape index (κ2) is 8.88. The van der Waals surface area contributed by atoms with Gasteiger partial charge in [-0.15, -0.1) is 0 Å². The lowest BCUT2D eigenvalue weighted by Gasteiger charge is -2.30. The molecule has 1 amide bonds. The Morgan fingerprint density at radius 3 is 2.69 bits per heavy atom. The largest absolute Gasteiger partial charge is 0.334 e. The van der Waals surface area contributed by atoms with Crippen molar-refractivity contribution in [2.75, 3.05) is 18.4 Å². The normalized spacial score (nSPS) is 15.2. The van der Waals surface area contributed by atoms with Crippen LogP contribution in [0.1, 0.15) is 18.5 Å². The number of imidazole rings is 1. The van der Waals surface area contributed by atoms with E-state index in [1.165, 1.54) is 0 Å². The first-order valence-corrected chi connectivity index (χ1v) is 11.0. The second-order valence-electron chi connectivity index (χ2n) is 8.38. The van der Waals surface area contributed by atoms with E-state index in [1.807, 2.05) is 60.5 Å². The Hall–Kier alpha value is -3.58. The summed E-state index contributed by atoms with van der Waals surface area (Å²) in [5, 5.41) is 5.12. The zero-order valence-electron chi connectivity index (χ0n) is 18.1. The molecule has 0 bridgehead atoms. The quantitative estimate of drug-likeness (QED) is 0.524. The van der Waals surface area contributed by atoms with Gasteiger partial charge in [0.25, 0.3) is 0 Å². The van der Waals surface area contributed by atoms with Gasteiger partial charge in [-0.3, -0.25) is 14.7 Å². The Bertz CT molecular complexity index is 1230. The molecule has 1 aliphatic rings. The molecule has 1 aromatic carbocycles. The minimum atomic E-state index is 0.00764. The summed E-state index contributed by atoms with van der Waals surface area (Å²) in [6.07, 6.45) is 8.97. The van der Waals surface area contributed by atoms with Crippen LogP contribution in [-0.2, 0) is 18.4 Å². The molecular formula is C25H26N6O. The first kappa shape index (κ1) is 20.3. The van der Waals surface area contributed by atoms with Crippen LogP contribution in [0.2, 0.25) is 0 Å². The molecule has 0 saturated carbocycles.